The molecule has 0 aliphatic heterocycles. The van der Waals surface area contributed by atoms with Crippen LogP contribution in [-0.4, -0.2) is 41.5 Å². The van der Waals surface area contributed by atoms with Gasteiger partial charge in [-0.2, -0.15) is 0 Å². The molecule has 1 aliphatic rings. The third kappa shape index (κ3) is 6.21. The van der Waals surface area contributed by atoms with Gasteiger partial charge in [-0.3, -0.25) is 9.80 Å². The minimum Gasteiger partial charge on any atom is -0.351 e. The van der Waals surface area contributed by atoms with Gasteiger partial charge < -0.3 is 11.1 Å². The Morgan fingerprint density at radius 1 is 1.00 bits per heavy atom. The van der Waals surface area contributed by atoms with Gasteiger partial charge >= 0.3 is 6.03 Å². The van der Waals surface area contributed by atoms with Crippen LogP contribution < -0.4 is 16.0 Å². The minimum absolute atomic E-state index is 0.116. The van der Waals surface area contributed by atoms with Crippen LogP contribution in [0.5, 0.6) is 0 Å². The fourth-order valence-electron chi connectivity index (χ4n) is 5.42. The number of amides is 2. The highest BCUT2D eigenvalue weighted by molar-refractivity contribution is 5.90. The topological polar surface area (TPSA) is 87.4 Å². The number of benzene rings is 2. The average Bonchev–Trinajstić information content (AvgIpc) is 2.91. The highest BCUT2D eigenvalue weighted by Gasteiger charge is 2.38. The second-order valence-electron chi connectivity index (χ2n) is 9.97. The molecule has 3 N–H and O–H groups in total. The van der Waals surface area contributed by atoms with E-state index in [1.807, 2.05) is 30.3 Å². The van der Waals surface area contributed by atoms with E-state index in [-0.39, 0.29) is 5.54 Å². The van der Waals surface area contributed by atoms with Crippen molar-refractivity contribution in [2.24, 2.45) is 11.7 Å². The lowest BCUT2D eigenvalue weighted by atomic mass is 9.71. The fourth-order valence-corrected chi connectivity index (χ4v) is 5.42. The molecule has 7 nitrogen and oxygen atoms in total. The molecule has 2 aromatic carbocycles. The van der Waals surface area contributed by atoms with Gasteiger partial charge in [0.05, 0.1) is 18.1 Å². The number of urea groups is 1. The molecule has 1 heterocycles. The van der Waals surface area contributed by atoms with Crippen molar-refractivity contribution in [2.45, 2.75) is 50.6 Å². The Bertz CT molecular complexity index is 1080. The first-order chi connectivity index (χ1) is 17.5. The zero-order valence-corrected chi connectivity index (χ0v) is 21.4. The van der Waals surface area contributed by atoms with Crippen molar-refractivity contribution in [1.82, 2.24) is 14.9 Å². The van der Waals surface area contributed by atoms with Crippen LogP contribution in [0.25, 0.3) is 0 Å². The van der Waals surface area contributed by atoms with E-state index in [0.717, 1.165) is 31.2 Å². The Morgan fingerprint density at radius 2 is 1.61 bits per heavy atom. The van der Waals surface area contributed by atoms with Gasteiger partial charge in [-0.25, -0.2) is 14.8 Å². The van der Waals surface area contributed by atoms with Crippen LogP contribution in [0.2, 0.25) is 0 Å². The van der Waals surface area contributed by atoms with Gasteiger partial charge in [-0.05, 0) is 69.7 Å². The molecule has 0 spiro atoms. The van der Waals surface area contributed by atoms with Crippen molar-refractivity contribution in [1.29, 1.82) is 0 Å². The summed E-state index contributed by atoms with van der Waals surface area (Å²) in [6.45, 7) is 1.21. The summed E-state index contributed by atoms with van der Waals surface area (Å²) in [6.07, 6.45) is 10.00. The van der Waals surface area contributed by atoms with Gasteiger partial charge in [0.15, 0.2) is 0 Å². The van der Waals surface area contributed by atoms with Crippen molar-refractivity contribution >= 4 is 17.7 Å². The molecule has 0 atom stereocenters. The lowest BCUT2D eigenvalue weighted by molar-refractivity contribution is 0.0749. The maximum Gasteiger partial charge on any atom is 0.319 e. The van der Waals surface area contributed by atoms with Gasteiger partial charge in [0, 0.05) is 18.6 Å². The van der Waals surface area contributed by atoms with Crippen molar-refractivity contribution < 1.29 is 4.79 Å². The van der Waals surface area contributed by atoms with Gasteiger partial charge in [-0.15, -0.1) is 0 Å². The first-order valence-electron chi connectivity index (χ1n) is 12.9. The summed E-state index contributed by atoms with van der Waals surface area (Å²) in [4.78, 5) is 24.9. The van der Waals surface area contributed by atoms with Gasteiger partial charge in [-0.1, -0.05) is 60.7 Å². The number of nitrogens with two attached hydrogens (primary N) is 1. The molecule has 1 saturated carbocycles. The molecule has 7 heteroatoms. The summed E-state index contributed by atoms with van der Waals surface area (Å²) in [5.74, 6) is 1.19. The van der Waals surface area contributed by atoms with Crippen LogP contribution in [0.3, 0.4) is 0 Å². The Balaban J connectivity index is 1.28. The molecule has 1 aromatic heterocycles. The smallest absolute Gasteiger partial charge is 0.319 e. The second-order valence-corrected chi connectivity index (χ2v) is 9.97. The summed E-state index contributed by atoms with van der Waals surface area (Å²) in [5, 5.41) is 3.21. The monoisotopic (exact) mass is 486 g/mol. The zero-order chi connectivity index (χ0) is 25.4. The lowest BCUT2D eigenvalue weighted by Gasteiger charge is -2.45. The number of anilines is 2. The number of aromatic nitrogens is 2. The predicted molar refractivity (Wildman–Crippen MR) is 146 cm³/mol. The standard InChI is InChI=1S/C29H38N6O/c1-34(2)29(25-13-7-4-8-14-25)17-15-23(16-18-29)12-9-19-35(27(30)36)26-21-32-28(33-22-26)31-20-24-10-5-3-6-11-24/h3-8,10-11,13-14,21-23H,9,12,15-20H2,1-2H3,(H2,30,36)(H,31,32,33). The van der Waals surface area contributed by atoms with Crippen LogP contribution in [-0.2, 0) is 12.1 Å². The van der Waals surface area contributed by atoms with Gasteiger partial charge in [0.2, 0.25) is 5.95 Å². The van der Waals surface area contributed by atoms with E-state index in [4.69, 9.17) is 5.73 Å². The van der Waals surface area contributed by atoms with E-state index in [0.29, 0.717) is 30.6 Å². The van der Waals surface area contributed by atoms with E-state index in [2.05, 4.69) is 64.6 Å². The number of nitrogens with one attached hydrogen (secondary N) is 1. The summed E-state index contributed by atoms with van der Waals surface area (Å²) in [7, 11) is 4.39. The summed E-state index contributed by atoms with van der Waals surface area (Å²) >= 11 is 0. The van der Waals surface area contributed by atoms with Crippen LogP contribution >= 0.6 is 0 Å². The first kappa shape index (κ1) is 25.6. The predicted octanol–water partition coefficient (Wildman–Crippen LogP) is 5.40. The number of rotatable bonds is 10. The molecule has 0 unspecified atom stereocenters. The van der Waals surface area contributed by atoms with Crippen LogP contribution in [0.1, 0.15) is 49.7 Å². The molecular weight excluding hydrogens is 448 g/mol. The molecular formula is C29H38N6O. The molecule has 1 aliphatic carbocycles. The van der Waals surface area contributed by atoms with E-state index >= 15 is 0 Å². The van der Waals surface area contributed by atoms with E-state index < -0.39 is 6.03 Å². The molecule has 4 rings (SSSR count). The zero-order valence-electron chi connectivity index (χ0n) is 21.4. The summed E-state index contributed by atoms with van der Waals surface area (Å²) < 4.78 is 0. The number of nitrogens with zero attached hydrogens (tertiary/aromatic N) is 4. The third-order valence-corrected chi connectivity index (χ3v) is 7.60. The fraction of sp³-hybridized carbons (Fsp3) is 0.414. The molecule has 190 valence electrons. The maximum atomic E-state index is 12.2. The van der Waals surface area contributed by atoms with E-state index in [9.17, 15) is 4.79 Å². The third-order valence-electron chi connectivity index (χ3n) is 7.60. The normalized spacial score (nSPS) is 19.7. The Hall–Kier alpha value is -3.45. The molecule has 3 aromatic rings. The van der Waals surface area contributed by atoms with Crippen molar-refractivity contribution in [2.75, 3.05) is 30.9 Å². The van der Waals surface area contributed by atoms with Gasteiger partial charge in [0.25, 0.3) is 0 Å². The summed E-state index contributed by atoms with van der Waals surface area (Å²) in [5.41, 5.74) is 9.01. The van der Waals surface area contributed by atoms with Crippen molar-refractivity contribution in [3.8, 4) is 0 Å². The number of hydrogen-bond acceptors (Lipinski definition) is 5. The number of primary amides is 1. The molecule has 2 amide bonds. The first-order valence-corrected chi connectivity index (χ1v) is 12.9. The van der Waals surface area contributed by atoms with Crippen molar-refractivity contribution in [3.63, 3.8) is 0 Å². The molecule has 0 bridgehead atoms. The maximum absolute atomic E-state index is 12.2. The lowest BCUT2D eigenvalue weighted by Crippen LogP contribution is -2.44. The number of hydrogen-bond donors (Lipinski definition) is 2. The SMILES string of the molecule is CN(C)C1(c2ccccc2)CCC(CCCN(C(N)=O)c2cnc(NCc3ccccc3)nc2)CC1. The minimum atomic E-state index is -0.469. The molecule has 1 fully saturated rings. The quantitative estimate of drug-likeness (QED) is 0.401. The van der Waals surface area contributed by atoms with Crippen molar-refractivity contribution in [3.05, 3.63) is 84.2 Å². The highest BCUT2D eigenvalue weighted by atomic mass is 16.2. The number of carbonyl (C=O) groups excluding carboxylic acids is 1. The van der Waals surface area contributed by atoms with Crippen LogP contribution in [0, 0.1) is 5.92 Å². The van der Waals surface area contributed by atoms with E-state index in [1.54, 1.807) is 17.3 Å². The largest absolute Gasteiger partial charge is 0.351 e. The number of carbonyl (C=O) groups is 1. The average molecular weight is 487 g/mol. The molecule has 0 saturated heterocycles. The summed E-state index contributed by atoms with van der Waals surface area (Å²) in [6, 6.07) is 20.5. The van der Waals surface area contributed by atoms with Gasteiger partial charge in [0.1, 0.15) is 0 Å². The molecule has 0 radical (unpaired) electrons. The highest BCUT2D eigenvalue weighted by Crippen LogP contribution is 2.44. The Morgan fingerprint density at radius 3 is 2.19 bits per heavy atom. The van der Waals surface area contributed by atoms with Crippen LogP contribution in [0.15, 0.2) is 73.1 Å². The Labute approximate surface area is 214 Å². The van der Waals surface area contributed by atoms with E-state index in [1.165, 1.54) is 18.4 Å². The van der Waals surface area contributed by atoms with Crippen LogP contribution in [0.4, 0.5) is 16.4 Å². The molecule has 36 heavy (non-hydrogen) atoms. The Kier molecular flexibility index (Phi) is 8.54. The second kappa shape index (κ2) is 12.0.